The fourth-order valence-corrected chi connectivity index (χ4v) is 1.62. The first-order chi connectivity index (χ1) is 9.19. The Morgan fingerprint density at radius 1 is 1.26 bits per heavy atom. The molecule has 0 saturated heterocycles. The molecule has 1 aromatic carbocycles. The molecule has 0 spiro atoms. The minimum atomic E-state index is -0.262. The van der Waals surface area contributed by atoms with Gasteiger partial charge in [0.05, 0.1) is 18.5 Å². The summed E-state index contributed by atoms with van der Waals surface area (Å²) in [5.41, 5.74) is 2.82. The molecule has 98 valence electrons. The monoisotopic (exact) mass is 257 g/mol. The van der Waals surface area contributed by atoms with Crippen molar-refractivity contribution in [2.45, 2.75) is 20.1 Å². The van der Waals surface area contributed by atoms with Crippen molar-refractivity contribution in [1.29, 1.82) is 0 Å². The second-order valence-electron chi connectivity index (χ2n) is 4.20. The molecule has 2 N–H and O–H groups in total. The van der Waals surface area contributed by atoms with Crippen molar-refractivity contribution in [3.63, 3.8) is 0 Å². The van der Waals surface area contributed by atoms with Crippen molar-refractivity contribution >= 4 is 5.91 Å². The van der Waals surface area contributed by atoms with Crippen LogP contribution >= 0.6 is 0 Å². The van der Waals surface area contributed by atoms with Crippen molar-refractivity contribution in [3.05, 3.63) is 59.2 Å². The Morgan fingerprint density at radius 3 is 2.74 bits per heavy atom. The number of aliphatic hydroxyl groups excluding tert-OH is 1. The van der Waals surface area contributed by atoms with Crippen LogP contribution in [0.2, 0.25) is 0 Å². The van der Waals surface area contributed by atoms with Gasteiger partial charge in [0, 0.05) is 12.7 Å². The van der Waals surface area contributed by atoms with Crippen LogP contribution in [0, 0.1) is 6.92 Å². The van der Waals surface area contributed by atoms with E-state index >= 15 is 0 Å². The van der Waals surface area contributed by atoms with E-state index in [1.54, 1.807) is 6.20 Å². The van der Waals surface area contributed by atoms with Crippen molar-refractivity contribution in [2.75, 3.05) is 0 Å². The van der Waals surface area contributed by atoms with Gasteiger partial charge in [0.25, 0.3) is 5.91 Å². The van der Waals surface area contributed by atoms with E-state index in [0.29, 0.717) is 12.2 Å². The highest BCUT2D eigenvalue weighted by molar-refractivity contribution is 5.91. The molecule has 0 aliphatic heterocycles. The van der Waals surface area contributed by atoms with Gasteiger partial charge in [-0.25, -0.2) is 4.98 Å². The highest BCUT2D eigenvalue weighted by Crippen LogP contribution is 2.05. The molecule has 2 aromatic rings. The van der Waals surface area contributed by atoms with E-state index in [4.69, 9.17) is 5.11 Å². The molecule has 1 amide bonds. The number of rotatable bonds is 4. The lowest BCUT2D eigenvalue weighted by atomic mass is 10.1. The average Bonchev–Trinajstić information content (AvgIpc) is 2.46. The van der Waals surface area contributed by atoms with Gasteiger partial charge in [-0.1, -0.05) is 24.3 Å². The Labute approximate surface area is 111 Å². The van der Waals surface area contributed by atoms with Gasteiger partial charge in [0.2, 0.25) is 0 Å². The zero-order valence-corrected chi connectivity index (χ0v) is 10.6. The number of amides is 1. The van der Waals surface area contributed by atoms with Crippen LogP contribution in [0.15, 0.2) is 36.7 Å². The molecule has 19 heavy (non-hydrogen) atoms. The molecule has 1 heterocycles. The largest absolute Gasteiger partial charge is 0.392 e. The van der Waals surface area contributed by atoms with Gasteiger partial charge in [-0.15, -0.1) is 0 Å². The average molecular weight is 257 g/mol. The van der Waals surface area contributed by atoms with Gasteiger partial charge in [0.1, 0.15) is 5.69 Å². The maximum absolute atomic E-state index is 11.8. The number of benzene rings is 1. The minimum absolute atomic E-state index is 0.00871. The first-order valence-electron chi connectivity index (χ1n) is 5.94. The van der Waals surface area contributed by atoms with E-state index in [1.165, 1.54) is 6.20 Å². The fraction of sp³-hybridized carbons (Fsp3) is 0.214. The van der Waals surface area contributed by atoms with Gasteiger partial charge in [-0.05, 0) is 18.1 Å². The van der Waals surface area contributed by atoms with Gasteiger partial charge in [0.15, 0.2) is 0 Å². The quantitative estimate of drug-likeness (QED) is 0.863. The summed E-state index contributed by atoms with van der Waals surface area (Å²) in [6.07, 6.45) is 3.01. The summed E-state index contributed by atoms with van der Waals surface area (Å²) in [4.78, 5) is 19.9. The van der Waals surface area contributed by atoms with Crippen molar-refractivity contribution in [1.82, 2.24) is 15.3 Å². The number of nitrogens with one attached hydrogen (secondary N) is 1. The Hall–Kier alpha value is -2.27. The van der Waals surface area contributed by atoms with E-state index in [0.717, 1.165) is 16.8 Å². The summed E-state index contributed by atoms with van der Waals surface area (Å²) in [7, 11) is 0. The summed E-state index contributed by atoms with van der Waals surface area (Å²) in [5.74, 6) is -0.262. The zero-order chi connectivity index (χ0) is 13.7. The summed E-state index contributed by atoms with van der Waals surface area (Å²) >= 11 is 0. The molecule has 0 aliphatic rings. The highest BCUT2D eigenvalue weighted by atomic mass is 16.3. The second kappa shape index (κ2) is 6.06. The van der Waals surface area contributed by atoms with Crippen molar-refractivity contribution < 1.29 is 9.90 Å². The molecule has 0 bridgehead atoms. The van der Waals surface area contributed by atoms with Crippen LogP contribution in [0.3, 0.4) is 0 Å². The van der Waals surface area contributed by atoms with Gasteiger partial charge in [-0.3, -0.25) is 9.78 Å². The Kier molecular flexibility index (Phi) is 4.20. The molecule has 2 rings (SSSR count). The molecular formula is C14H15N3O2. The Bertz CT molecular complexity index is 567. The number of aliphatic hydroxyl groups is 1. The minimum Gasteiger partial charge on any atom is -0.392 e. The number of nitrogens with zero attached hydrogens (tertiary/aromatic N) is 2. The fourth-order valence-electron chi connectivity index (χ4n) is 1.62. The summed E-state index contributed by atoms with van der Waals surface area (Å²) in [5, 5.41) is 11.8. The SMILES string of the molecule is Cc1cnc(C(=O)NCc2cccc(CO)c2)cn1. The number of carbonyl (C=O) groups is 1. The third-order valence-electron chi connectivity index (χ3n) is 2.64. The maximum atomic E-state index is 11.8. The molecule has 1 aromatic heterocycles. The number of hydrogen-bond donors (Lipinski definition) is 2. The standard InChI is InChI=1S/C14H15N3O2/c1-10-6-16-13(8-15-10)14(19)17-7-11-3-2-4-12(5-11)9-18/h2-6,8,18H,7,9H2,1H3,(H,17,19). The van der Waals surface area contributed by atoms with E-state index in [-0.39, 0.29) is 12.5 Å². The lowest BCUT2D eigenvalue weighted by Gasteiger charge is -2.06. The van der Waals surface area contributed by atoms with Crippen molar-refractivity contribution in [2.24, 2.45) is 0 Å². The normalized spacial score (nSPS) is 10.2. The Balaban J connectivity index is 1.98. The molecule has 0 fully saturated rings. The van der Waals surface area contributed by atoms with Crippen molar-refractivity contribution in [3.8, 4) is 0 Å². The van der Waals surface area contributed by atoms with Crippen LogP contribution in [0.4, 0.5) is 0 Å². The van der Waals surface area contributed by atoms with Crippen LogP contribution < -0.4 is 5.32 Å². The lowest BCUT2D eigenvalue weighted by molar-refractivity contribution is 0.0945. The number of aryl methyl sites for hydroxylation is 1. The maximum Gasteiger partial charge on any atom is 0.271 e. The first-order valence-corrected chi connectivity index (χ1v) is 5.94. The molecular weight excluding hydrogens is 242 g/mol. The van der Waals surface area contributed by atoms with Crippen LogP contribution in [0.5, 0.6) is 0 Å². The number of carbonyl (C=O) groups excluding carboxylic acids is 1. The van der Waals surface area contributed by atoms with E-state index in [2.05, 4.69) is 15.3 Å². The van der Waals surface area contributed by atoms with E-state index in [1.807, 2.05) is 31.2 Å². The molecule has 0 aliphatic carbocycles. The molecule has 0 atom stereocenters. The summed E-state index contributed by atoms with van der Waals surface area (Å²) < 4.78 is 0. The summed E-state index contributed by atoms with van der Waals surface area (Å²) in [6.45, 7) is 2.20. The van der Waals surface area contributed by atoms with Crippen LogP contribution in [-0.2, 0) is 13.2 Å². The van der Waals surface area contributed by atoms with E-state index < -0.39 is 0 Å². The third-order valence-corrected chi connectivity index (χ3v) is 2.64. The Morgan fingerprint density at radius 2 is 2.05 bits per heavy atom. The first kappa shape index (κ1) is 13.2. The number of hydrogen-bond acceptors (Lipinski definition) is 4. The number of aromatic nitrogens is 2. The van der Waals surface area contributed by atoms with Gasteiger partial charge >= 0.3 is 0 Å². The van der Waals surface area contributed by atoms with Gasteiger partial charge in [-0.2, -0.15) is 0 Å². The molecule has 0 saturated carbocycles. The lowest BCUT2D eigenvalue weighted by Crippen LogP contribution is -2.24. The zero-order valence-electron chi connectivity index (χ0n) is 10.6. The molecule has 5 heteroatoms. The third kappa shape index (κ3) is 3.59. The topological polar surface area (TPSA) is 75.1 Å². The highest BCUT2D eigenvalue weighted by Gasteiger charge is 2.07. The van der Waals surface area contributed by atoms with Crippen LogP contribution in [-0.4, -0.2) is 21.0 Å². The van der Waals surface area contributed by atoms with Crippen LogP contribution in [0.1, 0.15) is 27.3 Å². The molecule has 0 radical (unpaired) electrons. The van der Waals surface area contributed by atoms with E-state index in [9.17, 15) is 4.79 Å². The molecule has 0 unspecified atom stereocenters. The predicted molar refractivity (Wildman–Crippen MR) is 70.3 cm³/mol. The second-order valence-corrected chi connectivity index (χ2v) is 4.20. The smallest absolute Gasteiger partial charge is 0.271 e. The summed E-state index contributed by atoms with van der Waals surface area (Å²) in [6, 6.07) is 7.41. The predicted octanol–water partition coefficient (Wildman–Crippen LogP) is 1.21. The molecule has 5 nitrogen and oxygen atoms in total. The van der Waals surface area contributed by atoms with Crippen LogP contribution in [0.25, 0.3) is 0 Å². The van der Waals surface area contributed by atoms with Gasteiger partial charge < -0.3 is 10.4 Å².